The lowest BCUT2D eigenvalue weighted by atomic mass is 10.2. The fourth-order valence-corrected chi connectivity index (χ4v) is 2.65. The van der Waals surface area contributed by atoms with Gasteiger partial charge >= 0.3 is 0 Å². The normalized spacial score (nSPS) is 24.2. The van der Waals surface area contributed by atoms with Crippen molar-refractivity contribution in [2.45, 2.75) is 32.2 Å². The second-order valence-electron chi connectivity index (χ2n) is 5.07. The molecule has 2 atom stereocenters. The van der Waals surface area contributed by atoms with Crippen molar-refractivity contribution >= 4 is 0 Å². The number of aryl methyl sites for hydroxylation is 1. The van der Waals surface area contributed by atoms with E-state index in [1.165, 1.54) is 5.56 Å². The van der Waals surface area contributed by atoms with Crippen LogP contribution in [0.2, 0.25) is 0 Å². The van der Waals surface area contributed by atoms with Gasteiger partial charge in [0.2, 0.25) is 0 Å². The molecule has 5 nitrogen and oxygen atoms in total. The quantitative estimate of drug-likeness (QED) is 0.838. The number of likely N-dealkylation sites (tertiary alicyclic amines) is 1. The Morgan fingerprint density at radius 3 is 2.47 bits per heavy atom. The highest BCUT2D eigenvalue weighted by atomic mass is 16.5. The van der Waals surface area contributed by atoms with Crippen LogP contribution < -0.4 is 5.32 Å². The summed E-state index contributed by atoms with van der Waals surface area (Å²) in [5, 5.41) is 3.10. The zero-order valence-corrected chi connectivity index (χ0v) is 12.2. The Morgan fingerprint density at radius 2 is 1.95 bits per heavy atom. The lowest BCUT2D eigenvalue weighted by Gasteiger charge is -2.14. The molecule has 1 saturated heterocycles. The molecule has 1 N–H and O–H groups in total. The van der Waals surface area contributed by atoms with Crippen molar-refractivity contribution in [1.29, 1.82) is 0 Å². The maximum Gasteiger partial charge on any atom is 0.118 e. The molecule has 0 aromatic carbocycles. The van der Waals surface area contributed by atoms with Crippen molar-refractivity contribution in [3.05, 3.63) is 23.2 Å². The Bertz CT molecular complexity index is 393. The Kier molecular flexibility index (Phi) is 4.99. The van der Waals surface area contributed by atoms with Gasteiger partial charge in [-0.1, -0.05) is 0 Å². The molecule has 0 radical (unpaired) electrons. The maximum atomic E-state index is 5.72. The van der Waals surface area contributed by atoms with Gasteiger partial charge in [0, 0.05) is 39.4 Å². The second kappa shape index (κ2) is 6.52. The molecule has 1 aromatic rings. The zero-order valence-electron chi connectivity index (χ0n) is 12.2. The summed E-state index contributed by atoms with van der Waals surface area (Å²) in [6.07, 6.45) is 0.322. The van der Waals surface area contributed by atoms with Crippen LogP contribution in [0.3, 0.4) is 0 Å². The third-order valence-electron chi connectivity index (χ3n) is 3.71. The first-order valence-corrected chi connectivity index (χ1v) is 6.68. The van der Waals surface area contributed by atoms with Crippen LogP contribution in [0.4, 0.5) is 0 Å². The monoisotopic (exact) mass is 268 g/mol. The highest BCUT2D eigenvalue weighted by molar-refractivity contribution is 5.21. The molecule has 2 heterocycles. The van der Waals surface area contributed by atoms with E-state index in [4.69, 9.17) is 13.9 Å². The predicted molar refractivity (Wildman–Crippen MR) is 73.1 cm³/mol. The molecular weight excluding hydrogens is 244 g/mol. The number of rotatable bonds is 6. The fourth-order valence-electron chi connectivity index (χ4n) is 2.65. The number of methoxy groups -OCH3 is 2. The Hall–Kier alpha value is -0.880. The largest absolute Gasteiger partial charge is 0.465 e. The van der Waals surface area contributed by atoms with Crippen LogP contribution in [0.25, 0.3) is 0 Å². The first kappa shape index (κ1) is 14.5. The van der Waals surface area contributed by atoms with E-state index < -0.39 is 0 Å². The lowest BCUT2D eigenvalue weighted by Crippen LogP contribution is -2.27. The summed E-state index contributed by atoms with van der Waals surface area (Å²) in [5.41, 5.74) is 1.25. The van der Waals surface area contributed by atoms with Crippen molar-refractivity contribution in [3.8, 4) is 0 Å². The van der Waals surface area contributed by atoms with Crippen molar-refractivity contribution in [3.63, 3.8) is 0 Å². The first-order chi connectivity index (χ1) is 9.17. The third-order valence-corrected chi connectivity index (χ3v) is 3.71. The lowest BCUT2D eigenvalue weighted by molar-refractivity contribution is -0.00461. The van der Waals surface area contributed by atoms with Crippen LogP contribution in [0.15, 0.2) is 10.5 Å². The van der Waals surface area contributed by atoms with Crippen molar-refractivity contribution in [2.75, 3.05) is 34.4 Å². The summed E-state index contributed by atoms with van der Waals surface area (Å²) >= 11 is 0. The van der Waals surface area contributed by atoms with Crippen molar-refractivity contribution < 1.29 is 13.9 Å². The maximum absolute atomic E-state index is 5.72. The summed E-state index contributed by atoms with van der Waals surface area (Å²) in [6, 6.07) is 2.13. The molecule has 0 spiro atoms. The molecule has 19 heavy (non-hydrogen) atoms. The molecular formula is C14H24N2O3. The van der Waals surface area contributed by atoms with Gasteiger partial charge in [0.1, 0.15) is 11.5 Å². The van der Waals surface area contributed by atoms with E-state index in [0.717, 1.165) is 37.7 Å². The number of furan rings is 1. The number of nitrogens with one attached hydrogen (secondary N) is 1. The third kappa shape index (κ3) is 3.36. The average Bonchev–Trinajstić information content (AvgIpc) is 2.94. The highest BCUT2D eigenvalue weighted by Gasteiger charge is 2.33. The van der Waals surface area contributed by atoms with Crippen LogP contribution in [-0.4, -0.2) is 51.5 Å². The molecule has 1 aromatic heterocycles. The number of ether oxygens (including phenoxy) is 2. The van der Waals surface area contributed by atoms with E-state index in [1.54, 1.807) is 14.2 Å². The van der Waals surface area contributed by atoms with E-state index >= 15 is 0 Å². The molecule has 108 valence electrons. The summed E-state index contributed by atoms with van der Waals surface area (Å²) in [7, 11) is 5.41. The van der Waals surface area contributed by atoms with E-state index in [0.29, 0.717) is 0 Å². The standard InChI is InChI=1S/C14H24N2O3/c1-10-11(5-12(19-10)6-15-2)7-16-8-13(17-3)14(9-16)18-4/h5,13-15H,6-9H2,1-4H3. The Morgan fingerprint density at radius 1 is 1.32 bits per heavy atom. The molecule has 5 heteroatoms. The summed E-state index contributed by atoms with van der Waals surface area (Å²) in [4.78, 5) is 2.35. The van der Waals surface area contributed by atoms with Crippen molar-refractivity contribution in [1.82, 2.24) is 10.2 Å². The van der Waals surface area contributed by atoms with Gasteiger partial charge in [-0.05, 0) is 20.0 Å². The van der Waals surface area contributed by atoms with Gasteiger partial charge in [-0.25, -0.2) is 0 Å². The molecule has 0 amide bonds. The smallest absolute Gasteiger partial charge is 0.118 e. The van der Waals surface area contributed by atoms with Gasteiger partial charge in [-0.3, -0.25) is 4.90 Å². The number of nitrogens with zero attached hydrogens (tertiary/aromatic N) is 1. The van der Waals surface area contributed by atoms with E-state index in [2.05, 4.69) is 16.3 Å². The van der Waals surface area contributed by atoms with Gasteiger partial charge in [-0.15, -0.1) is 0 Å². The van der Waals surface area contributed by atoms with Crippen LogP contribution in [-0.2, 0) is 22.6 Å². The molecule has 0 aliphatic carbocycles. The summed E-state index contributed by atoms with van der Waals surface area (Å²) < 4.78 is 16.6. The first-order valence-electron chi connectivity index (χ1n) is 6.68. The van der Waals surface area contributed by atoms with Crippen LogP contribution in [0, 0.1) is 6.92 Å². The minimum absolute atomic E-state index is 0.161. The highest BCUT2D eigenvalue weighted by Crippen LogP contribution is 2.21. The van der Waals surface area contributed by atoms with Gasteiger partial charge < -0.3 is 19.2 Å². The van der Waals surface area contributed by atoms with E-state index in [9.17, 15) is 0 Å². The number of hydrogen-bond donors (Lipinski definition) is 1. The van der Waals surface area contributed by atoms with Gasteiger partial charge in [-0.2, -0.15) is 0 Å². The molecule has 0 bridgehead atoms. The molecule has 1 aliphatic rings. The number of hydrogen-bond acceptors (Lipinski definition) is 5. The molecule has 1 aliphatic heterocycles. The van der Waals surface area contributed by atoms with Gasteiger partial charge in [0.05, 0.1) is 18.8 Å². The van der Waals surface area contributed by atoms with Crippen LogP contribution in [0.1, 0.15) is 17.1 Å². The van der Waals surface area contributed by atoms with Crippen molar-refractivity contribution in [2.24, 2.45) is 0 Å². The van der Waals surface area contributed by atoms with Crippen LogP contribution in [0.5, 0.6) is 0 Å². The van der Waals surface area contributed by atoms with E-state index in [-0.39, 0.29) is 12.2 Å². The Balaban J connectivity index is 1.98. The summed E-state index contributed by atoms with van der Waals surface area (Å²) in [6.45, 7) is 5.48. The molecule has 1 fully saturated rings. The van der Waals surface area contributed by atoms with E-state index in [1.807, 2.05) is 14.0 Å². The predicted octanol–water partition coefficient (Wildman–Crippen LogP) is 1.15. The van der Waals surface area contributed by atoms with Crippen LogP contribution >= 0.6 is 0 Å². The molecule has 0 saturated carbocycles. The molecule has 2 rings (SSSR count). The topological polar surface area (TPSA) is 46.9 Å². The minimum Gasteiger partial charge on any atom is -0.465 e. The SMILES string of the molecule is CNCc1cc(CN2CC(OC)C(OC)C2)c(C)o1. The zero-order chi connectivity index (χ0) is 13.8. The average molecular weight is 268 g/mol. The van der Waals surface area contributed by atoms with Gasteiger partial charge in [0.15, 0.2) is 0 Å². The Labute approximate surface area is 114 Å². The fraction of sp³-hybridized carbons (Fsp3) is 0.714. The summed E-state index contributed by atoms with van der Waals surface area (Å²) in [5.74, 6) is 1.99. The molecule has 2 unspecified atom stereocenters. The van der Waals surface area contributed by atoms with Gasteiger partial charge in [0.25, 0.3) is 0 Å². The second-order valence-corrected chi connectivity index (χ2v) is 5.07. The minimum atomic E-state index is 0.161.